The quantitative estimate of drug-likeness (QED) is 0.586. The molecular formula is C12H16B2NP. The van der Waals surface area contributed by atoms with Gasteiger partial charge in [-0.05, 0) is 0 Å². The van der Waals surface area contributed by atoms with E-state index in [0.717, 1.165) is 6.89 Å². The summed E-state index contributed by atoms with van der Waals surface area (Å²) in [7, 11) is 0.211. The number of nitrogens with two attached hydrogens (primary N) is 1. The van der Waals surface area contributed by atoms with Crippen molar-refractivity contribution in [3.05, 3.63) is 60.7 Å². The first-order valence-corrected chi connectivity index (χ1v) is 7.96. The standard InChI is InChI=1S/C12H16B2NP/c13-14-16(15,11-7-3-1-4-8-11)12-9-5-2-6-10-12/h1-10,14,16H,13,15H2. The van der Waals surface area contributed by atoms with Crippen LogP contribution in [0.2, 0.25) is 0 Å². The topological polar surface area (TPSA) is 26.0 Å². The van der Waals surface area contributed by atoms with Crippen molar-refractivity contribution in [2.75, 3.05) is 0 Å². The average Bonchev–Trinajstić information content (AvgIpc) is 2.40. The molecule has 2 N–H and O–H groups in total. The van der Waals surface area contributed by atoms with Crippen molar-refractivity contribution in [1.82, 2.24) is 0 Å². The Balaban J connectivity index is 2.49. The van der Waals surface area contributed by atoms with Gasteiger partial charge in [0.25, 0.3) is 0 Å². The van der Waals surface area contributed by atoms with E-state index in [4.69, 9.17) is 5.50 Å². The van der Waals surface area contributed by atoms with Crippen LogP contribution in [0.3, 0.4) is 0 Å². The van der Waals surface area contributed by atoms with Crippen molar-refractivity contribution in [2.24, 2.45) is 5.50 Å². The van der Waals surface area contributed by atoms with Crippen molar-refractivity contribution in [1.29, 1.82) is 0 Å². The molecule has 0 aliphatic heterocycles. The number of hydrogen-bond acceptors (Lipinski definition) is 1. The summed E-state index contributed by atoms with van der Waals surface area (Å²) in [5, 5.41) is 2.62. The Labute approximate surface area is 99.0 Å². The molecule has 0 fully saturated rings. The molecule has 0 aliphatic carbocycles. The van der Waals surface area contributed by atoms with Gasteiger partial charge in [0.2, 0.25) is 0 Å². The molecule has 0 bridgehead atoms. The number of benzene rings is 2. The van der Waals surface area contributed by atoms with Gasteiger partial charge in [-0.2, -0.15) is 0 Å². The van der Waals surface area contributed by atoms with E-state index in [1.165, 1.54) is 10.6 Å². The molecule has 16 heavy (non-hydrogen) atoms. The Morgan fingerprint density at radius 3 is 1.50 bits per heavy atom. The zero-order valence-electron chi connectivity index (χ0n) is 9.56. The summed E-state index contributed by atoms with van der Waals surface area (Å²) in [5.74, 6) is 0. The molecule has 0 saturated carbocycles. The maximum absolute atomic E-state index is 6.68. The van der Waals surface area contributed by atoms with Gasteiger partial charge < -0.3 is 0 Å². The van der Waals surface area contributed by atoms with Crippen LogP contribution in [-0.4, -0.2) is 14.6 Å². The SMILES string of the molecule is BB[PH](N)(c1ccccc1)c1ccccc1. The molecule has 0 atom stereocenters. The minimum absolute atomic E-state index is 1.03. The van der Waals surface area contributed by atoms with Gasteiger partial charge >= 0.3 is 98.7 Å². The van der Waals surface area contributed by atoms with Crippen molar-refractivity contribution < 1.29 is 0 Å². The van der Waals surface area contributed by atoms with E-state index in [1.807, 2.05) is 12.1 Å². The Bertz CT molecular complexity index is 408. The molecule has 2 aromatic carbocycles. The van der Waals surface area contributed by atoms with Gasteiger partial charge in [-0.15, -0.1) is 0 Å². The molecule has 0 aliphatic rings. The van der Waals surface area contributed by atoms with Gasteiger partial charge in [-0.1, -0.05) is 0 Å². The third-order valence-electron chi connectivity index (χ3n) is 3.14. The minimum atomic E-state index is -1.98. The normalized spacial score (nSPS) is 12.1. The van der Waals surface area contributed by atoms with Crippen LogP contribution in [0.4, 0.5) is 0 Å². The molecule has 1 nitrogen and oxygen atoms in total. The Kier molecular flexibility index (Phi) is 3.48. The van der Waals surface area contributed by atoms with Crippen LogP contribution in [-0.2, 0) is 0 Å². The molecule has 0 heterocycles. The first-order chi connectivity index (χ1) is 7.77. The molecular weight excluding hydrogens is 211 g/mol. The second kappa shape index (κ2) is 4.86. The Hall–Kier alpha value is -1.04. The second-order valence-electron chi connectivity index (χ2n) is 4.06. The first kappa shape index (κ1) is 11.4. The van der Waals surface area contributed by atoms with Gasteiger partial charge in [0.1, 0.15) is 0 Å². The molecule has 0 aromatic heterocycles. The van der Waals surface area contributed by atoms with Crippen molar-refractivity contribution >= 4 is 32.5 Å². The summed E-state index contributed by atoms with van der Waals surface area (Å²) >= 11 is 0. The molecule has 0 unspecified atom stereocenters. The summed E-state index contributed by atoms with van der Waals surface area (Å²) in [6.07, 6.45) is 0. The van der Waals surface area contributed by atoms with Crippen LogP contribution < -0.4 is 16.1 Å². The average molecular weight is 227 g/mol. The summed E-state index contributed by atoms with van der Waals surface area (Å²) < 4.78 is 0. The molecule has 0 radical (unpaired) electrons. The van der Waals surface area contributed by atoms with E-state index in [9.17, 15) is 0 Å². The summed E-state index contributed by atoms with van der Waals surface area (Å²) in [6, 6.07) is 21.0. The predicted molar refractivity (Wildman–Crippen MR) is 80.3 cm³/mol. The third-order valence-corrected chi connectivity index (χ3v) is 6.98. The number of rotatable bonds is 3. The fraction of sp³-hybridized carbons (Fsp3) is 0. The van der Waals surface area contributed by atoms with Crippen LogP contribution in [0, 0.1) is 0 Å². The molecule has 0 spiro atoms. The molecule has 0 saturated heterocycles. The zero-order chi connectivity index (χ0) is 11.4. The van der Waals surface area contributed by atoms with E-state index in [0.29, 0.717) is 0 Å². The van der Waals surface area contributed by atoms with E-state index in [1.54, 1.807) is 0 Å². The number of hydrogen-bond donors (Lipinski definition) is 1. The van der Waals surface area contributed by atoms with E-state index < -0.39 is 7.29 Å². The van der Waals surface area contributed by atoms with Crippen molar-refractivity contribution in [2.45, 2.75) is 0 Å². The van der Waals surface area contributed by atoms with Crippen LogP contribution in [0.5, 0.6) is 0 Å². The van der Waals surface area contributed by atoms with Gasteiger partial charge in [0.05, 0.1) is 0 Å². The molecule has 2 rings (SSSR count). The van der Waals surface area contributed by atoms with E-state index in [2.05, 4.69) is 56.3 Å². The van der Waals surface area contributed by atoms with Gasteiger partial charge in [-0.25, -0.2) is 0 Å². The monoisotopic (exact) mass is 227 g/mol. The molecule has 80 valence electrons. The van der Waals surface area contributed by atoms with E-state index >= 15 is 0 Å². The summed E-state index contributed by atoms with van der Waals surface area (Å²) in [5.41, 5.74) is 6.68. The Morgan fingerprint density at radius 2 is 1.19 bits per heavy atom. The van der Waals surface area contributed by atoms with Crippen LogP contribution >= 0.6 is 7.29 Å². The van der Waals surface area contributed by atoms with Gasteiger partial charge in [0.15, 0.2) is 0 Å². The van der Waals surface area contributed by atoms with Gasteiger partial charge in [-0.3, -0.25) is 0 Å². The fourth-order valence-electron chi connectivity index (χ4n) is 2.05. The van der Waals surface area contributed by atoms with E-state index in [-0.39, 0.29) is 0 Å². The first-order valence-electron chi connectivity index (χ1n) is 5.67. The Morgan fingerprint density at radius 1 is 0.812 bits per heavy atom. The van der Waals surface area contributed by atoms with Crippen LogP contribution in [0.1, 0.15) is 0 Å². The maximum atomic E-state index is 6.68. The second-order valence-corrected chi connectivity index (χ2v) is 7.86. The third kappa shape index (κ3) is 2.07. The fourth-order valence-corrected chi connectivity index (χ4v) is 4.77. The van der Waals surface area contributed by atoms with Crippen molar-refractivity contribution in [3.8, 4) is 0 Å². The molecule has 0 amide bonds. The zero-order valence-corrected chi connectivity index (χ0v) is 10.6. The van der Waals surface area contributed by atoms with Crippen LogP contribution in [0.25, 0.3) is 0 Å². The molecule has 4 heteroatoms. The summed E-state index contributed by atoms with van der Waals surface area (Å²) in [6.45, 7) is 1.03. The van der Waals surface area contributed by atoms with Gasteiger partial charge in [0, 0.05) is 0 Å². The van der Waals surface area contributed by atoms with Crippen molar-refractivity contribution in [3.63, 3.8) is 0 Å². The van der Waals surface area contributed by atoms with Crippen LogP contribution in [0.15, 0.2) is 60.7 Å². The molecule has 2 aromatic rings. The predicted octanol–water partition coefficient (Wildman–Crippen LogP) is 0.161. The summed E-state index contributed by atoms with van der Waals surface area (Å²) in [4.78, 5) is 0.